The largest absolute Gasteiger partial charge is 0.370 e. The third kappa shape index (κ3) is 73.0. The summed E-state index contributed by atoms with van der Waals surface area (Å²) in [4.78, 5) is 276. The molecule has 32 N–H and O–H groups in total. The highest BCUT2D eigenvalue weighted by atomic mass is 16.2. The molecule has 0 fully saturated rings. The lowest BCUT2D eigenvalue weighted by Gasteiger charge is -2.24. The Hall–Kier alpha value is -11.5. The second-order valence-electron chi connectivity index (χ2n) is 30.4. The fourth-order valence-corrected chi connectivity index (χ4v) is 12.0. The number of carbonyl (C=O) groups is 21. The summed E-state index contributed by atoms with van der Waals surface area (Å²) in [5.74, 6) is -10.1. The first-order valence-electron chi connectivity index (χ1n) is 46.1. The van der Waals surface area contributed by atoms with Gasteiger partial charge in [-0.1, -0.05) is 0 Å². The van der Waals surface area contributed by atoms with Gasteiger partial charge < -0.3 is 165 Å². The molecule has 0 heterocycles. The van der Waals surface area contributed by atoms with Gasteiger partial charge in [-0.15, -0.1) is 0 Å². The first kappa shape index (κ1) is 122. The minimum Gasteiger partial charge on any atom is -0.370 e. The second kappa shape index (κ2) is 82.2. The van der Waals surface area contributed by atoms with E-state index in [0.717, 1.165) is 0 Å². The molecule has 0 bridgehead atoms. The van der Waals surface area contributed by atoms with Crippen LogP contribution in [-0.2, 0) is 101 Å². The van der Waals surface area contributed by atoms with Gasteiger partial charge in [-0.2, -0.15) is 0 Å². The van der Waals surface area contributed by atoms with Crippen LogP contribution in [0.25, 0.3) is 0 Å². The molecule has 0 atom stereocenters. The van der Waals surface area contributed by atoms with Crippen LogP contribution in [0.15, 0.2) is 0 Å². The highest BCUT2D eigenvalue weighted by molar-refractivity contribution is 5.90. The Morgan fingerprint density at radius 1 is 0.164 bits per heavy atom. The summed E-state index contributed by atoms with van der Waals surface area (Å²) in [6.45, 7) is 8.86. The first-order chi connectivity index (χ1) is 64.4. The Morgan fingerprint density at radius 2 is 0.291 bits per heavy atom. The number of nitrogens with two attached hydrogens (primary N) is 6. The van der Waals surface area contributed by atoms with Gasteiger partial charge in [-0.3, -0.25) is 101 Å². The molecule has 0 aromatic heterocycles. The molecule has 0 saturated heterocycles. The lowest BCUT2D eigenvalue weighted by Crippen LogP contribution is -2.44. The molecule has 0 aliphatic carbocycles. The molecule has 764 valence electrons. The fraction of sp³-hybridized carbons (Fsp3) is 0.744. The van der Waals surface area contributed by atoms with Crippen molar-refractivity contribution in [3.63, 3.8) is 0 Å². The van der Waals surface area contributed by atoms with Crippen LogP contribution in [0.5, 0.6) is 0 Å². The number of carbonyl (C=O) groups excluding carboxylic acids is 21. The van der Waals surface area contributed by atoms with E-state index in [1.807, 2.05) is 0 Å². The summed E-state index contributed by atoms with van der Waals surface area (Å²) in [6.07, 6.45) is -4.41. The Morgan fingerprint density at radius 3 is 0.425 bits per heavy atom. The van der Waals surface area contributed by atoms with Crippen LogP contribution in [0.2, 0.25) is 0 Å². The smallest absolute Gasteiger partial charge is 0.223 e. The average Bonchev–Trinajstić information content (AvgIpc) is 0.937. The zero-order chi connectivity index (χ0) is 99.6. The molecule has 0 aromatic rings. The summed E-state index contributed by atoms with van der Waals surface area (Å²) in [5, 5.41) is 55.2. The van der Waals surface area contributed by atoms with E-state index in [4.69, 9.17) is 34.4 Å². The van der Waals surface area contributed by atoms with E-state index in [2.05, 4.69) is 106 Å². The molecular weight excluding hydrogens is 1760 g/mol. The quantitative estimate of drug-likeness (QED) is 0.0251. The average molecular weight is 1910 g/mol. The van der Waals surface area contributed by atoms with Crippen molar-refractivity contribution in [1.29, 1.82) is 0 Å². The van der Waals surface area contributed by atoms with Gasteiger partial charge in [0, 0.05) is 397 Å². The normalized spacial score (nSPS) is 10.7. The molecule has 0 spiro atoms. The molecule has 134 heavy (non-hydrogen) atoms. The molecule has 0 saturated carbocycles. The van der Waals surface area contributed by atoms with Crippen molar-refractivity contribution in [2.24, 2.45) is 34.4 Å². The molecule has 0 aliphatic heterocycles. The van der Waals surface area contributed by atoms with Gasteiger partial charge in [-0.25, -0.2) is 0 Å². The molecule has 0 unspecified atom stereocenters. The van der Waals surface area contributed by atoms with E-state index in [-0.39, 0.29) is 303 Å². The van der Waals surface area contributed by atoms with Crippen molar-refractivity contribution >= 4 is 124 Å². The van der Waals surface area contributed by atoms with Gasteiger partial charge >= 0.3 is 0 Å². The summed E-state index contributed by atoms with van der Waals surface area (Å²) in [5.41, 5.74) is 32.6. The molecular formula is C82H155N31O21. The van der Waals surface area contributed by atoms with Gasteiger partial charge in [0.05, 0.1) is 0 Å². The van der Waals surface area contributed by atoms with Crippen LogP contribution >= 0.6 is 0 Å². The van der Waals surface area contributed by atoms with Crippen molar-refractivity contribution in [1.82, 2.24) is 131 Å². The third-order valence-electron chi connectivity index (χ3n) is 19.3. The van der Waals surface area contributed by atoms with Crippen LogP contribution in [-0.4, -0.2) is 410 Å². The summed E-state index contributed by atoms with van der Waals surface area (Å²) in [7, 11) is 0. The highest BCUT2D eigenvalue weighted by Gasteiger charge is 2.24. The number of hydrogen-bond donors (Lipinski definition) is 26. The van der Waals surface area contributed by atoms with E-state index in [9.17, 15) is 101 Å². The molecule has 0 rings (SSSR count). The van der Waals surface area contributed by atoms with Gasteiger partial charge in [0.25, 0.3) is 0 Å². The van der Waals surface area contributed by atoms with E-state index in [1.54, 1.807) is 0 Å². The minimum atomic E-state index is -0.665. The molecule has 0 aromatic carbocycles. The van der Waals surface area contributed by atoms with Gasteiger partial charge in [0.15, 0.2) is 0 Å². The summed E-state index contributed by atoms with van der Waals surface area (Å²) >= 11 is 0. The number of amides is 21. The van der Waals surface area contributed by atoms with E-state index in [0.29, 0.717) is 111 Å². The van der Waals surface area contributed by atoms with Crippen molar-refractivity contribution in [3.05, 3.63) is 0 Å². The van der Waals surface area contributed by atoms with Crippen LogP contribution < -0.4 is 141 Å². The van der Waals surface area contributed by atoms with E-state index in [1.165, 1.54) is 31.4 Å². The van der Waals surface area contributed by atoms with E-state index >= 15 is 0 Å². The van der Waals surface area contributed by atoms with Crippen LogP contribution in [0.3, 0.4) is 0 Å². The molecule has 52 heteroatoms. The maximum Gasteiger partial charge on any atom is 0.223 e. The SMILES string of the molecule is CC(=O)NCCN(CCNC(=O)CCC(=O)NCCN(CCNC(=O)CCC(=O)NCCN(CCNC(=O)CCC(=O)NCCN(CCNC(=O)CCC(=O)NCCN(CCNC(=O)CCC(N)=O)C(=O)CCC(=O)NCCNCCN)C(=O)CCC(=O)NCCNCCN)C(=O)CCC(=O)NCCNCCN)C(=O)CCC(=O)NCCNCCN)C(=O)CCC(=O)NCCNCCN. The number of nitrogens with zero attached hydrogens (tertiary/aromatic N) is 5. The molecule has 21 amide bonds. The first-order valence-corrected chi connectivity index (χ1v) is 46.1. The standard InChI is InChI=1S/C82H155N31O21/c1-62(114)94-42-52-109(78(130)17-12-73(125)95-37-32-89-27-22-83)53-44-101-65(117)4-5-66(118)103-46-56-111(80(132)19-14-75(127)97-39-34-91-29-24-85)57-48-105-69(121)8-9-70(122)107-50-60-113(82(134)21-16-77(129)99-41-36-93-31-26-87)61-51-108-72(124)11-10-71(123)106-49-59-112(81(133)20-15-76(128)98-40-35-92-30-25-86)58-47-104-68(120)7-6-67(119)102-45-55-110(54-43-100-64(116)3-2-63(88)115)79(131)18-13-74(126)96-38-33-90-28-23-84/h89-93H,2-61,83-87H2,1H3,(H2,88,115)(H,94,114)(H,95,125)(H,96,126)(H,97,127)(H,98,128)(H,99,129)(H,100,116)(H,101,117)(H,102,119)(H,103,118)(H,104,120)(H,105,121)(H,106,123)(H,107,122)(H,108,124). The number of hydrogen-bond acceptors (Lipinski definition) is 31. The van der Waals surface area contributed by atoms with Crippen molar-refractivity contribution in [2.45, 2.75) is 135 Å². The molecule has 0 radical (unpaired) electrons. The van der Waals surface area contributed by atoms with Gasteiger partial charge in [-0.05, 0) is 0 Å². The predicted octanol–water partition coefficient (Wildman–Crippen LogP) is -14.1. The van der Waals surface area contributed by atoms with Crippen molar-refractivity contribution in [3.8, 4) is 0 Å². The van der Waals surface area contributed by atoms with Crippen molar-refractivity contribution < 1.29 is 101 Å². The lowest BCUT2D eigenvalue weighted by molar-refractivity contribution is -0.134. The summed E-state index contributed by atoms with van der Waals surface area (Å²) in [6, 6.07) is 0. The van der Waals surface area contributed by atoms with Crippen LogP contribution in [0.1, 0.15) is 135 Å². The number of rotatable bonds is 85. The molecule has 0 aliphatic rings. The zero-order valence-electron chi connectivity index (χ0n) is 78.2. The Bertz CT molecular complexity index is 3520. The monoisotopic (exact) mass is 1910 g/mol. The lowest BCUT2D eigenvalue weighted by atomic mass is 10.2. The van der Waals surface area contributed by atoms with Crippen molar-refractivity contribution in [2.75, 3.05) is 262 Å². The highest BCUT2D eigenvalue weighted by Crippen LogP contribution is 2.06. The maximum absolute atomic E-state index is 13.7. The Balaban J connectivity index is 5.85. The minimum absolute atomic E-state index is 0.000503. The fourth-order valence-electron chi connectivity index (χ4n) is 12.0. The zero-order valence-corrected chi connectivity index (χ0v) is 78.2. The second-order valence-corrected chi connectivity index (χ2v) is 30.4. The summed E-state index contributed by atoms with van der Waals surface area (Å²) < 4.78 is 0. The Kier molecular flexibility index (Phi) is 75.1. The van der Waals surface area contributed by atoms with Crippen LogP contribution in [0.4, 0.5) is 0 Å². The van der Waals surface area contributed by atoms with Gasteiger partial charge in [0.1, 0.15) is 0 Å². The molecule has 52 nitrogen and oxygen atoms in total. The number of nitrogens with one attached hydrogen (secondary N) is 20. The van der Waals surface area contributed by atoms with E-state index < -0.39 is 100 Å². The predicted molar refractivity (Wildman–Crippen MR) is 495 cm³/mol. The number of primary amides is 1. The third-order valence-corrected chi connectivity index (χ3v) is 19.3. The van der Waals surface area contributed by atoms with Crippen LogP contribution in [0, 0.1) is 0 Å². The van der Waals surface area contributed by atoms with Gasteiger partial charge in [0.2, 0.25) is 124 Å². The Labute approximate surface area is 784 Å². The maximum atomic E-state index is 13.7. The topological polar surface area (TPSA) is 771 Å².